The summed E-state index contributed by atoms with van der Waals surface area (Å²) in [5.41, 5.74) is 4.48. The minimum atomic E-state index is -0.646. The quantitative estimate of drug-likeness (QED) is 0.748. The Hall–Kier alpha value is -2.26. The number of thiophene rings is 1. The van der Waals surface area contributed by atoms with Gasteiger partial charge in [-0.2, -0.15) is 0 Å². The fraction of sp³-hybridized carbons (Fsp3) is 0.167. The van der Waals surface area contributed by atoms with E-state index in [2.05, 4.69) is 5.32 Å². The van der Waals surface area contributed by atoms with Gasteiger partial charge in [0.2, 0.25) is 0 Å². The van der Waals surface area contributed by atoms with Crippen LogP contribution in [0, 0.1) is 0 Å². The minimum absolute atomic E-state index is 0.0699. The average Bonchev–Trinajstić information content (AvgIpc) is 2.97. The van der Waals surface area contributed by atoms with Crippen LogP contribution in [0.5, 0.6) is 0 Å². The third-order valence-corrected chi connectivity index (χ3v) is 4.08. The van der Waals surface area contributed by atoms with Crippen molar-refractivity contribution in [2.75, 3.05) is 5.73 Å². The standard InChI is InChI=1S/C12H12N4O3S2/c1-15-8(13)7(11(18)16(2)12(15)19)10(20)14-9(17)6-4-3-5-21-6/h3-5H,13H2,1-2H3,(H,14,17,20). The van der Waals surface area contributed by atoms with Gasteiger partial charge >= 0.3 is 5.69 Å². The summed E-state index contributed by atoms with van der Waals surface area (Å²) >= 11 is 6.32. The van der Waals surface area contributed by atoms with Crippen LogP contribution < -0.4 is 22.3 Å². The Kier molecular flexibility index (Phi) is 4.05. The van der Waals surface area contributed by atoms with Gasteiger partial charge in [-0.05, 0) is 11.4 Å². The fourth-order valence-electron chi connectivity index (χ4n) is 1.71. The maximum Gasteiger partial charge on any atom is 0.332 e. The van der Waals surface area contributed by atoms with Crippen molar-refractivity contribution in [3.63, 3.8) is 0 Å². The molecule has 7 nitrogen and oxygen atoms in total. The number of carbonyl (C=O) groups is 1. The molecule has 0 fully saturated rings. The number of anilines is 1. The van der Waals surface area contributed by atoms with Gasteiger partial charge in [-0.3, -0.25) is 18.7 Å². The van der Waals surface area contributed by atoms with E-state index in [1.54, 1.807) is 17.5 Å². The van der Waals surface area contributed by atoms with E-state index in [1.807, 2.05) is 0 Å². The van der Waals surface area contributed by atoms with Crippen LogP contribution >= 0.6 is 23.6 Å². The molecule has 21 heavy (non-hydrogen) atoms. The maximum atomic E-state index is 12.1. The number of aromatic nitrogens is 2. The Morgan fingerprint density at radius 1 is 1.33 bits per heavy atom. The van der Waals surface area contributed by atoms with Gasteiger partial charge in [0.15, 0.2) is 0 Å². The highest BCUT2D eigenvalue weighted by Gasteiger charge is 2.19. The van der Waals surface area contributed by atoms with E-state index in [-0.39, 0.29) is 16.4 Å². The molecule has 0 aliphatic heterocycles. The van der Waals surface area contributed by atoms with Crippen LogP contribution in [-0.2, 0) is 14.1 Å². The first-order valence-corrected chi connectivity index (χ1v) is 7.08. The summed E-state index contributed by atoms with van der Waals surface area (Å²) in [6.07, 6.45) is 0. The molecule has 2 rings (SSSR count). The van der Waals surface area contributed by atoms with Crippen molar-refractivity contribution in [3.05, 3.63) is 48.8 Å². The molecule has 3 N–H and O–H groups in total. The molecule has 110 valence electrons. The summed E-state index contributed by atoms with van der Waals surface area (Å²) in [4.78, 5) is 36.1. The van der Waals surface area contributed by atoms with E-state index in [0.717, 1.165) is 9.13 Å². The van der Waals surface area contributed by atoms with Gasteiger partial charge in [0.1, 0.15) is 16.4 Å². The topological polar surface area (TPSA) is 99.1 Å². The maximum absolute atomic E-state index is 12.1. The highest BCUT2D eigenvalue weighted by atomic mass is 32.1. The monoisotopic (exact) mass is 324 g/mol. The number of hydrogen-bond acceptors (Lipinski definition) is 6. The molecular weight excluding hydrogens is 312 g/mol. The van der Waals surface area contributed by atoms with Gasteiger partial charge < -0.3 is 11.1 Å². The number of carbonyl (C=O) groups excluding carboxylic acids is 1. The summed E-state index contributed by atoms with van der Waals surface area (Å²) in [7, 11) is 2.74. The number of thiocarbonyl (C=S) groups is 1. The first-order chi connectivity index (χ1) is 9.84. The number of nitrogen functional groups attached to an aromatic ring is 1. The molecule has 2 aromatic heterocycles. The zero-order valence-electron chi connectivity index (χ0n) is 11.2. The lowest BCUT2D eigenvalue weighted by molar-refractivity contribution is 0.0982. The zero-order valence-corrected chi connectivity index (χ0v) is 12.9. The van der Waals surface area contributed by atoms with Gasteiger partial charge in [0.05, 0.1) is 4.88 Å². The Bertz CT molecular complexity index is 833. The molecule has 0 aliphatic carbocycles. The first kappa shape index (κ1) is 15.1. The zero-order chi connectivity index (χ0) is 15.7. The Morgan fingerprint density at radius 3 is 2.57 bits per heavy atom. The van der Waals surface area contributed by atoms with Crippen LogP contribution in [0.3, 0.4) is 0 Å². The Morgan fingerprint density at radius 2 is 2.00 bits per heavy atom. The second-order valence-electron chi connectivity index (χ2n) is 4.23. The lowest BCUT2D eigenvalue weighted by atomic mass is 10.2. The van der Waals surface area contributed by atoms with E-state index < -0.39 is 17.2 Å². The highest BCUT2D eigenvalue weighted by Crippen LogP contribution is 2.09. The van der Waals surface area contributed by atoms with E-state index >= 15 is 0 Å². The smallest absolute Gasteiger partial charge is 0.332 e. The van der Waals surface area contributed by atoms with Crippen molar-refractivity contribution in [2.24, 2.45) is 14.1 Å². The largest absolute Gasteiger partial charge is 0.384 e. The van der Waals surface area contributed by atoms with Crippen molar-refractivity contribution in [2.45, 2.75) is 0 Å². The molecule has 2 heterocycles. The molecule has 0 radical (unpaired) electrons. The second kappa shape index (κ2) is 5.62. The van der Waals surface area contributed by atoms with Crippen LogP contribution in [-0.4, -0.2) is 20.0 Å². The van der Waals surface area contributed by atoms with E-state index in [4.69, 9.17) is 18.0 Å². The van der Waals surface area contributed by atoms with Crippen molar-refractivity contribution >= 4 is 40.3 Å². The predicted molar refractivity (Wildman–Crippen MR) is 84.8 cm³/mol. The van der Waals surface area contributed by atoms with E-state index in [9.17, 15) is 14.4 Å². The molecule has 0 unspecified atom stereocenters. The number of hydrogen-bond donors (Lipinski definition) is 2. The molecule has 0 aliphatic rings. The van der Waals surface area contributed by atoms with Crippen molar-refractivity contribution in [3.8, 4) is 0 Å². The SMILES string of the molecule is Cn1c(N)c(C(=S)NC(=O)c2cccs2)c(=O)n(C)c1=O. The summed E-state index contributed by atoms with van der Waals surface area (Å²) in [6, 6.07) is 3.35. The predicted octanol–water partition coefficient (Wildman–Crippen LogP) is -0.167. The fourth-order valence-corrected chi connectivity index (χ4v) is 2.61. The molecule has 0 saturated carbocycles. The van der Waals surface area contributed by atoms with Gasteiger partial charge in [-0.15, -0.1) is 11.3 Å². The minimum Gasteiger partial charge on any atom is -0.384 e. The number of nitrogens with one attached hydrogen (secondary N) is 1. The van der Waals surface area contributed by atoms with E-state index in [0.29, 0.717) is 4.88 Å². The normalized spacial score (nSPS) is 10.4. The van der Waals surface area contributed by atoms with Crippen molar-refractivity contribution in [1.82, 2.24) is 14.5 Å². The number of rotatable bonds is 2. The summed E-state index contributed by atoms with van der Waals surface area (Å²) in [5, 5.41) is 4.20. The highest BCUT2D eigenvalue weighted by molar-refractivity contribution is 7.80. The summed E-state index contributed by atoms with van der Waals surface area (Å²) in [5.74, 6) is -0.509. The molecular formula is C12H12N4O3S2. The lowest BCUT2D eigenvalue weighted by Gasteiger charge is -2.12. The third kappa shape index (κ3) is 2.65. The number of nitrogens with zero attached hydrogens (tertiary/aromatic N) is 2. The first-order valence-electron chi connectivity index (χ1n) is 5.79. The molecule has 9 heteroatoms. The number of nitrogens with two attached hydrogens (primary N) is 1. The summed E-state index contributed by atoms with van der Waals surface area (Å²) in [6.45, 7) is 0. The van der Waals surface area contributed by atoms with Crippen LogP contribution in [0.25, 0.3) is 0 Å². The molecule has 2 aromatic rings. The Labute approximate surface area is 128 Å². The lowest BCUT2D eigenvalue weighted by Crippen LogP contribution is -2.44. The van der Waals surface area contributed by atoms with Crippen molar-refractivity contribution < 1.29 is 4.79 Å². The molecule has 0 bridgehead atoms. The third-order valence-electron chi connectivity index (χ3n) is 2.91. The second-order valence-corrected chi connectivity index (χ2v) is 5.58. The van der Waals surface area contributed by atoms with Crippen LogP contribution in [0.2, 0.25) is 0 Å². The number of amides is 1. The van der Waals surface area contributed by atoms with Crippen molar-refractivity contribution in [1.29, 1.82) is 0 Å². The van der Waals surface area contributed by atoms with E-state index in [1.165, 1.54) is 25.4 Å². The Balaban J connectivity index is 2.43. The van der Waals surface area contributed by atoms with Gasteiger partial charge in [-0.25, -0.2) is 4.79 Å². The average molecular weight is 324 g/mol. The summed E-state index contributed by atoms with van der Waals surface area (Å²) < 4.78 is 1.98. The molecule has 0 spiro atoms. The molecule has 1 amide bonds. The van der Waals surface area contributed by atoms with Crippen LogP contribution in [0.1, 0.15) is 15.2 Å². The van der Waals surface area contributed by atoms with Gasteiger partial charge in [0, 0.05) is 14.1 Å². The van der Waals surface area contributed by atoms with Crippen LogP contribution in [0.4, 0.5) is 5.82 Å². The van der Waals surface area contributed by atoms with Gasteiger partial charge in [-0.1, -0.05) is 18.3 Å². The molecule has 0 atom stereocenters. The van der Waals surface area contributed by atoms with Gasteiger partial charge in [0.25, 0.3) is 11.5 Å². The van der Waals surface area contributed by atoms with Crippen LogP contribution in [0.15, 0.2) is 27.1 Å². The molecule has 0 saturated heterocycles. The molecule has 0 aromatic carbocycles.